The van der Waals surface area contributed by atoms with E-state index in [2.05, 4.69) is 0 Å². The Morgan fingerprint density at radius 3 is 2.52 bits per heavy atom. The summed E-state index contributed by atoms with van der Waals surface area (Å²) in [6.07, 6.45) is 4.62. The SMILES string of the molecule is CCOc1ccc(C=CC(=O)N2CCC(C(=O)c3ccc4c(c3)OCCO4)CC2)cc1OC. The number of piperidine rings is 1. The molecule has 0 saturated carbocycles. The van der Waals surface area contributed by atoms with Crippen molar-refractivity contribution in [2.24, 2.45) is 5.92 Å². The van der Waals surface area contributed by atoms with Crippen molar-refractivity contribution in [2.75, 3.05) is 40.0 Å². The largest absolute Gasteiger partial charge is 0.493 e. The molecule has 2 aliphatic rings. The minimum atomic E-state index is -0.101. The Hall–Kier alpha value is -3.48. The van der Waals surface area contributed by atoms with Gasteiger partial charge in [-0.25, -0.2) is 0 Å². The molecule has 2 aromatic carbocycles. The van der Waals surface area contributed by atoms with Gasteiger partial charge in [-0.3, -0.25) is 9.59 Å². The molecular weight excluding hydrogens is 422 g/mol. The lowest BCUT2D eigenvalue weighted by atomic mass is 9.88. The molecule has 33 heavy (non-hydrogen) atoms. The van der Waals surface area contributed by atoms with Crippen molar-refractivity contribution >= 4 is 17.8 Å². The van der Waals surface area contributed by atoms with Crippen LogP contribution in [0.15, 0.2) is 42.5 Å². The molecule has 2 aliphatic heterocycles. The van der Waals surface area contributed by atoms with Crippen LogP contribution < -0.4 is 18.9 Å². The lowest BCUT2D eigenvalue weighted by molar-refractivity contribution is -0.127. The van der Waals surface area contributed by atoms with E-state index in [9.17, 15) is 9.59 Å². The lowest BCUT2D eigenvalue weighted by Gasteiger charge is -2.30. The van der Waals surface area contributed by atoms with E-state index in [0.717, 1.165) is 5.56 Å². The van der Waals surface area contributed by atoms with Gasteiger partial charge < -0.3 is 23.8 Å². The molecule has 0 aliphatic carbocycles. The minimum absolute atomic E-state index is 0.0620. The van der Waals surface area contributed by atoms with E-state index < -0.39 is 0 Å². The van der Waals surface area contributed by atoms with Crippen LogP contribution in [-0.4, -0.2) is 56.6 Å². The van der Waals surface area contributed by atoms with E-state index in [1.54, 1.807) is 42.4 Å². The molecule has 7 nitrogen and oxygen atoms in total. The van der Waals surface area contributed by atoms with Gasteiger partial charge >= 0.3 is 0 Å². The number of carbonyl (C=O) groups excluding carboxylic acids is 2. The second-order valence-corrected chi connectivity index (χ2v) is 8.00. The molecule has 0 atom stereocenters. The molecule has 4 rings (SSSR count). The molecule has 0 bridgehead atoms. The first-order valence-electron chi connectivity index (χ1n) is 11.3. The van der Waals surface area contributed by atoms with Gasteiger partial charge in [-0.15, -0.1) is 0 Å². The maximum atomic E-state index is 13.0. The average molecular weight is 452 g/mol. The molecule has 1 saturated heterocycles. The zero-order valence-electron chi connectivity index (χ0n) is 19.0. The summed E-state index contributed by atoms with van der Waals surface area (Å²) in [6, 6.07) is 10.9. The summed E-state index contributed by atoms with van der Waals surface area (Å²) in [5, 5.41) is 0. The molecule has 2 aromatic rings. The molecule has 1 amide bonds. The summed E-state index contributed by atoms with van der Waals surface area (Å²) in [6.45, 7) is 4.58. The number of ketones is 1. The second-order valence-electron chi connectivity index (χ2n) is 8.00. The van der Waals surface area contributed by atoms with Gasteiger partial charge in [0.2, 0.25) is 5.91 Å². The molecule has 7 heteroatoms. The van der Waals surface area contributed by atoms with Crippen LogP contribution in [0, 0.1) is 5.92 Å². The Morgan fingerprint density at radius 2 is 1.79 bits per heavy atom. The number of amides is 1. The lowest BCUT2D eigenvalue weighted by Crippen LogP contribution is -2.39. The molecule has 2 heterocycles. The molecule has 0 aromatic heterocycles. The van der Waals surface area contributed by atoms with Crippen LogP contribution in [0.1, 0.15) is 35.7 Å². The molecular formula is C26H29NO6. The Morgan fingerprint density at radius 1 is 1.03 bits per heavy atom. The van der Waals surface area contributed by atoms with Crippen molar-refractivity contribution in [2.45, 2.75) is 19.8 Å². The van der Waals surface area contributed by atoms with Gasteiger partial charge in [-0.1, -0.05) is 6.07 Å². The molecule has 0 radical (unpaired) electrons. The third-order valence-electron chi connectivity index (χ3n) is 5.91. The van der Waals surface area contributed by atoms with Crippen LogP contribution in [0.25, 0.3) is 6.08 Å². The maximum absolute atomic E-state index is 13.0. The molecule has 174 valence electrons. The van der Waals surface area contributed by atoms with Crippen molar-refractivity contribution < 1.29 is 28.5 Å². The number of hydrogen-bond donors (Lipinski definition) is 0. The number of Topliss-reactive ketones (excluding diaryl/α,β-unsaturated/α-hetero) is 1. The first-order valence-corrected chi connectivity index (χ1v) is 11.3. The van der Waals surface area contributed by atoms with E-state index in [1.807, 2.05) is 25.1 Å². The highest BCUT2D eigenvalue weighted by molar-refractivity contribution is 5.99. The number of rotatable bonds is 7. The van der Waals surface area contributed by atoms with Crippen LogP contribution in [0.4, 0.5) is 0 Å². The predicted octanol–water partition coefficient (Wildman–Crippen LogP) is 4.00. The summed E-state index contributed by atoms with van der Waals surface area (Å²) in [5.41, 5.74) is 1.49. The number of nitrogens with zero attached hydrogens (tertiary/aromatic N) is 1. The highest BCUT2D eigenvalue weighted by atomic mass is 16.6. The monoisotopic (exact) mass is 451 g/mol. The number of benzene rings is 2. The number of hydrogen-bond acceptors (Lipinski definition) is 6. The van der Waals surface area contributed by atoms with Gasteiger partial charge in [-0.05, 0) is 61.7 Å². The quantitative estimate of drug-likeness (QED) is 0.468. The van der Waals surface area contributed by atoms with E-state index in [1.165, 1.54) is 0 Å². The summed E-state index contributed by atoms with van der Waals surface area (Å²) >= 11 is 0. The molecule has 0 N–H and O–H groups in total. The summed E-state index contributed by atoms with van der Waals surface area (Å²) in [5.74, 6) is 2.53. The molecule has 0 spiro atoms. The Labute approximate surface area is 193 Å². The summed E-state index contributed by atoms with van der Waals surface area (Å²) in [7, 11) is 1.59. The molecule has 1 fully saturated rings. The normalized spacial score (nSPS) is 16.0. The van der Waals surface area contributed by atoms with E-state index in [-0.39, 0.29) is 17.6 Å². The standard InChI is InChI=1S/C26H29NO6/c1-3-31-21-7-4-18(16-23(21)30-2)5-9-25(28)27-12-10-19(11-13-27)26(29)20-6-8-22-24(17-20)33-15-14-32-22/h4-9,16-17,19H,3,10-15H2,1-2H3. The molecule has 0 unspecified atom stereocenters. The zero-order chi connectivity index (χ0) is 23.2. The Bertz CT molecular complexity index is 1040. The van der Waals surface area contributed by atoms with Crippen LogP contribution in [-0.2, 0) is 4.79 Å². The maximum Gasteiger partial charge on any atom is 0.246 e. The van der Waals surface area contributed by atoms with Crippen molar-refractivity contribution in [3.63, 3.8) is 0 Å². The number of ether oxygens (including phenoxy) is 4. The Balaban J connectivity index is 1.33. The number of fused-ring (bicyclic) bond motifs is 1. The van der Waals surface area contributed by atoms with Crippen LogP contribution in [0.5, 0.6) is 23.0 Å². The number of methoxy groups -OCH3 is 1. The fourth-order valence-corrected chi connectivity index (χ4v) is 4.13. The van der Waals surface area contributed by atoms with Crippen molar-refractivity contribution in [1.82, 2.24) is 4.90 Å². The second kappa shape index (κ2) is 10.4. The number of carbonyl (C=O) groups is 2. The zero-order valence-corrected chi connectivity index (χ0v) is 19.0. The Kier molecular flexibility index (Phi) is 7.17. The minimum Gasteiger partial charge on any atom is -0.493 e. The van der Waals surface area contributed by atoms with E-state index in [4.69, 9.17) is 18.9 Å². The number of likely N-dealkylation sites (tertiary alicyclic amines) is 1. The van der Waals surface area contributed by atoms with Gasteiger partial charge in [0.05, 0.1) is 13.7 Å². The van der Waals surface area contributed by atoms with Crippen LogP contribution in [0.3, 0.4) is 0 Å². The van der Waals surface area contributed by atoms with Crippen molar-refractivity contribution in [3.05, 3.63) is 53.6 Å². The van der Waals surface area contributed by atoms with E-state index in [0.29, 0.717) is 74.3 Å². The first-order chi connectivity index (χ1) is 16.1. The highest BCUT2D eigenvalue weighted by Gasteiger charge is 2.28. The van der Waals surface area contributed by atoms with Crippen LogP contribution >= 0.6 is 0 Å². The van der Waals surface area contributed by atoms with Gasteiger partial charge in [0, 0.05) is 30.6 Å². The third kappa shape index (κ3) is 5.30. The van der Waals surface area contributed by atoms with Gasteiger partial charge in [0.15, 0.2) is 28.8 Å². The average Bonchev–Trinajstić information content (AvgIpc) is 2.87. The summed E-state index contributed by atoms with van der Waals surface area (Å²) in [4.78, 5) is 27.4. The van der Waals surface area contributed by atoms with Crippen molar-refractivity contribution in [3.8, 4) is 23.0 Å². The van der Waals surface area contributed by atoms with Crippen LogP contribution in [0.2, 0.25) is 0 Å². The van der Waals surface area contributed by atoms with Gasteiger partial charge in [-0.2, -0.15) is 0 Å². The van der Waals surface area contributed by atoms with E-state index >= 15 is 0 Å². The third-order valence-corrected chi connectivity index (χ3v) is 5.91. The highest BCUT2D eigenvalue weighted by Crippen LogP contribution is 2.33. The van der Waals surface area contributed by atoms with Gasteiger partial charge in [0.1, 0.15) is 13.2 Å². The first kappa shape index (κ1) is 22.7. The van der Waals surface area contributed by atoms with Gasteiger partial charge in [0.25, 0.3) is 0 Å². The fraction of sp³-hybridized carbons (Fsp3) is 0.385. The fourth-order valence-electron chi connectivity index (χ4n) is 4.13. The predicted molar refractivity (Wildman–Crippen MR) is 124 cm³/mol. The topological polar surface area (TPSA) is 74.3 Å². The van der Waals surface area contributed by atoms with Crippen molar-refractivity contribution in [1.29, 1.82) is 0 Å². The summed E-state index contributed by atoms with van der Waals surface area (Å²) < 4.78 is 22.0. The smallest absolute Gasteiger partial charge is 0.246 e.